The Kier molecular flexibility index (Phi) is 3.39. The Labute approximate surface area is 167 Å². The molecule has 0 fully saturated rings. The van der Waals surface area contributed by atoms with Crippen LogP contribution in [0.4, 0.5) is 8.78 Å². The molecule has 7 nitrogen and oxygen atoms in total. The van der Waals surface area contributed by atoms with Crippen LogP contribution in [0.2, 0.25) is 0 Å². The van der Waals surface area contributed by atoms with Crippen molar-refractivity contribution < 1.29 is 43.2 Å². The van der Waals surface area contributed by atoms with Crippen molar-refractivity contribution in [3.05, 3.63) is 82.3 Å². The average Bonchev–Trinajstić information content (AvgIpc) is 2.99. The number of benzene rings is 2. The van der Waals surface area contributed by atoms with E-state index in [0.29, 0.717) is 0 Å². The first-order chi connectivity index (χ1) is 14.2. The van der Waals surface area contributed by atoms with E-state index < -0.39 is 46.5 Å². The maximum atomic E-state index is 16.0. The number of carboxylic acids is 1. The highest BCUT2D eigenvalue weighted by Gasteiger charge is 2.68. The Morgan fingerprint density at radius 3 is 2.57 bits per heavy atom. The lowest BCUT2D eigenvalue weighted by molar-refractivity contribution is -0.155. The zero-order chi connectivity index (χ0) is 21.4. The van der Waals surface area contributed by atoms with E-state index in [1.54, 1.807) is 0 Å². The number of hydrogen-bond acceptors (Lipinski definition) is 6. The second-order valence-electron chi connectivity index (χ2n) is 7.09. The second-order valence-corrected chi connectivity index (χ2v) is 7.09. The molecule has 0 saturated heterocycles. The number of halogens is 2. The molecule has 2 aliphatic heterocycles. The van der Waals surface area contributed by atoms with Gasteiger partial charge in [-0.3, -0.25) is 0 Å². The number of aliphatic carboxylic acids is 1. The lowest BCUT2D eigenvalue weighted by Crippen LogP contribution is -2.56. The number of phenolic OH excluding ortho intramolecular Hbond substituents is 1. The van der Waals surface area contributed by atoms with Crippen LogP contribution in [0.1, 0.15) is 21.5 Å². The summed E-state index contributed by atoms with van der Waals surface area (Å²) in [6.07, 6.45) is -2.23. The van der Waals surface area contributed by atoms with Gasteiger partial charge in [-0.25, -0.2) is 18.4 Å². The Bertz CT molecular complexity index is 1220. The molecule has 0 bridgehead atoms. The molecule has 1 spiro atoms. The molecule has 0 amide bonds. The van der Waals surface area contributed by atoms with Gasteiger partial charge in [-0.15, -0.1) is 0 Å². The highest BCUT2D eigenvalue weighted by Crippen LogP contribution is 2.59. The number of allylic oxidation sites excluding steroid dienone is 2. The Morgan fingerprint density at radius 1 is 1.10 bits per heavy atom. The van der Waals surface area contributed by atoms with E-state index in [9.17, 15) is 29.3 Å². The van der Waals surface area contributed by atoms with Crippen LogP contribution in [0.5, 0.6) is 11.5 Å². The molecule has 0 saturated carbocycles. The predicted octanol–water partition coefficient (Wildman–Crippen LogP) is 3.04. The monoisotopic (exact) mass is 414 g/mol. The Hall–Kier alpha value is -3.88. The second kappa shape index (κ2) is 5.59. The van der Waals surface area contributed by atoms with E-state index >= 15 is 4.39 Å². The summed E-state index contributed by atoms with van der Waals surface area (Å²) in [6.45, 7) is 0. The quantitative estimate of drug-likeness (QED) is 0.615. The van der Waals surface area contributed by atoms with Crippen molar-refractivity contribution in [3.8, 4) is 11.5 Å². The third-order valence-corrected chi connectivity index (χ3v) is 5.50. The standard InChI is InChI=1S/C21H12F2O7/c22-17-13(25)8-15-16(20(17,23)19(27)28)21(12-6-5-9(24)7-14(12)29-15)11-4-2-1-3-10(11)18(26)30-21/h1-8,17,24-25H,(H,27,28). The van der Waals surface area contributed by atoms with Gasteiger partial charge in [0.15, 0.2) is 5.60 Å². The molecule has 5 rings (SSSR count). The van der Waals surface area contributed by atoms with Crippen LogP contribution in [-0.4, -0.2) is 39.1 Å². The van der Waals surface area contributed by atoms with Gasteiger partial charge in [0.2, 0.25) is 6.17 Å². The fourth-order valence-corrected chi connectivity index (χ4v) is 4.26. The molecule has 3 atom stereocenters. The minimum atomic E-state index is -3.80. The molecule has 9 heteroatoms. The Balaban J connectivity index is 1.95. The predicted molar refractivity (Wildman–Crippen MR) is 95.5 cm³/mol. The first kappa shape index (κ1) is 18.2. The SMILES string of the molecule is O=C1OC2(C3=C(C=C(O)C(F)C3(F)C(=O)O)Oc3cc(O)ccc32)c2ccccc21. The van der Waals surface area contributed by atoms with Crippen LogP contribution in [-0.2, 0) is 15.1 Å². The van der Waals surface area contributed by atoms with Gasteiger partial charge in [-0.05, 0) is 18.2 Å². The van der Waals surface area contributed by atoms with Crippen molar-refractivity contribution in [2.45, 2.75) is 17.4 Å². The van der Waals surface area contributed by atoms with Crippen LogP contribution >= 0.6 is 0 Å². The number of rotatable bonds is 1. The lowest BCUT2D eigenvalue weighted by Gasteiger charge is -2.44. The maximum absolute atomic E-state index is 16.0. The summed E-state index contributed by atoms with van der Waals surface area (Å²) in [5.74, 6) is -5.15. The maximum Gasteiger partial charge on any atom is 0.349 e. The molecule has 2 aromatic carbocycles. The number of aromatic hydroxyl groups is 1. The van der Waals surface area contributed by atoms with Crippen molar-refractivity contribution in [2.75, 3.05) is 0 Å². The summed E-state index contributed by atoms with van der Waals surface area (Å²) in [5.41, 5.74) is -6.68. The van der Waals surface area contributed by atoms with Crippen molar-refractivity contribution in [2.24, 2.45) is 0 Å². The van der Waals surface area contributed by atoms with Crippen molar-refractivity contribution in [1.82, 2.24) is 0 Å². The third kappa shape index (κ3) is 1.96. The van der Waals surface area contributed by atoms with Gasteiger partial charge in [0, 0.05) is 23.3 Å². The number of ether oxygens (including phenoxy) is 2. The molecular weight excluding hydrogens is 402 g/mol. The summed E-state index contributed by atoms with van der Waals surface area (Å²) in [5, 5.41) is 29.4. The normalized spacial score (nSPS) is 28.8. The number of carbonyl (C=O) groups is 2. The summed E-state index contributed by atoms with van der Waals surface area (Å²) < 4.78 is 42.0. The van der Waals surface area contributed by atoms with E-state index in [1.807, 2.05) is 0 Å². The largest absolute Gasteiger partial charge is 0.509 e. The molecule has 0 radical (unpaired) electrons. The Morgan fingerprint density at radius 2 is 1.83 bits per heavy atom. The fourth-order valence-electron chi connectivity index (χ4n) is 4.26. The summed E-state index contributed by atoms with van der Waals surface area (Å²) in [7, 11) is 0. The van der Waals surface area contributed by atoms with Gasteiger partial charge >= 0.3 is 11.9 Å². The van der Waals surface area contributed by atoms with E-state index in [4.69, 9.17) is 9.47 Å². The van der Waals surface area contributed by atoms with Gasteiger partial charge in [-0.1, -0.05) is 18.2 Å². The molecule has 0 aromatic heterocycles. The highest BCUT2D eigenvalue weighted by atomic mass is 19.2. The number of esters is 1. The summed E-state index contributed by atoms with van der Waals surface area (Å²) in [4.78, 5) is 24.6. The van der Waals surface area contributed by atoms with Gasteiger partial charge in [0.25, 0.3) is 5.67 Å². The molecule has 2 aromatic rings. The van der Waals surface area contributed by atoms with Crippen LogP contribution in [0.25, 0.3) is 0 Å². The molecule has 3 N–H and O–H groups in total. The molecule has 3 aliphatic rings. The van der Waals surface area contributed by atoms with Crippen LogP contribution in [0.15, 0.2) is 65.6 Å². The number of aliphatic hydroxyl groups excluding tert-OH is 1. The lowest BCUT2D eigenvalue weighted by atomic mass is 9.68. The van der Waals surface area contributed by atoms with Gasteiger partial charge in [0.1, 0.15) is 23.0 Å². The number of alkyl halides is 2. The summed E-state index contributed by atoms with van der Waals surface area (Å²) in [6, 6.07) is 9.55. The molecular formula is C21H12F2O7. The van der Waals surface area contributed by atoms with Gasteiger partial charge in [-0.2, -0.15) is 0 Å². The molecule has 152 valence electrons. The number of carboxylic acid groups (broad SMARTS) is 1. The zero-order valence-corrected chi connectivity index (χ0v) is 14.9. The topological polar surface area (TPSA) is 113 Å². The smallest absolute Gasteiger partial charge is 0.349 e. The van der Waals surface area contributed by atoms with Gasteiger partial charge in [0.05, 0.1) is 11.1 Å². The average molecular weight is 414 g/mol. The molecule has 1 aliphatic carbocycles. The van der Waals surface area contributed by atoms with Crippen molar-refractivity contribution in [1.29, 1.82) is 0 Å². The van der Waals surface area contributed by atoms with Crippen LogP contribution in [0.3, 0.4) is 0 Å². The van der Waals surface area contributed by atoms with Crippen LogP contribution < -0.4 is 4.74 Å². The number of aliphatic hydroxyl groups is 1. The number of hydrogen-bond donors (Lipinski definition) is 3. The summed E-state index contributed by atoms with van der Waals surface area (Å²) >= 11 is 0. The first-order valence-electron chi connectivity index (χ1n) is 8.77. The van der Waals surface area contributed by atoms with E-state index in [-0.39, 0.29) is 28.2 Å². The highest BCUT2D eigenvalue weighted by molar-refractivity contribution is 5.98. The molecule has 2 heterocycles. The first-order valence-corrected chi connectivity index (χ1v) is 8.77. The number of phenols is 1. The fraction of sp³-hybridized carbons (Fsp3) is 0.143. The third-order valence-electron chi connectivity index (χ3n) is 5.50. The van der Waals surface area contributed by atoms with Crippen LogP contribution in [0, 0.1) is 0 Å². The van der Waals surface area contributed by atoms with Crippen molar-refractivity contribution >= 4 is 11.9 Å². The zero-order valence-electron chi connectivity index (χ0n) is 14.9. The van der Waals surface area contributed by atoms with E-state index in [2.05, 4.69) is 0 Å². The minimum Gasteiger partial charge on any atom is -0.509 e. The number of carbonyl (C=O) groups excluding carboxylic acids is 1. The number of fused-ring (bicyclic) bond motifs is 5. The minimum absolute atomic E-state index is 0.00242. The van der Waals surface area contributed by atoms with E-state index in [0.717, 1.165) is 12.1 Å². The van der Waals surface area contributed by atoms with Gasteiger partial charge < -0.3 is 24.8 Å². The molecule has 3 unspecified atom stereocenters. The van der Waals surface area contributed by atoms with E-state index in [1.165, 1.54) is 36.4 Å². The van der Waals surface area contributed by atoms with Crippen molar-refractivity contribution in [3.63, 3.8) is 0 Å². The molecule has 30 heavy (non-hydrogen) atoms.